The van der Waals surface area contributed by atoms with Crippen LogP contribution in [0, 0.1) is 13.8 Å². The Morgan fingerprint density at radius 2 is 2.00 bits per heavy atom. The van der Waals surface area contributed by atoms with E-state index in [9.17, 15) is 4.79 Å². The number of carbonyl (C=O) groups is 1. The number of nitrogens with one attached hydrogen (secondary N) is 1. The van der Waals surface area contributed by atoms with Crippen LogP contribution in [0.25, 0.3) is 0 Å². The highest BCUT2D eigenvalue weighted by Crippen LogP contribution is 2.21. The summed E-state index contributed by atoms with van der Waals surface area (Å²) < 4.78 is 0. The van der Waals surface area contributed by atoms with Crippen molar-refractivity contribution >= 4 is 17.5 Å². The smallest absolute Gasteiger partial charge is 0.253 e. The number of halogens is 1. The van der Waals surface area contributed by atoms with Gasteiger partial charge in [-0.1, -0.05) is 29.8 Å². The Kier molecular flexibility index (Phi) is 4.40. The van der Waals surface area contributed by atoms with Crippen molar-refractivity contribution in [3.63, 3.8) is 0 Å². The average Bonchev–Trinajstić information content (AvgIpc) is 2.39. The Balaban J connectivity index is 2.17. The van der Waals surface area contributed by atoms with Crippen LogP contribution in [0.4, 0.5) is 0 Å². The largest absolute Gasteiger partial charge is 0.345 e. The summed E-state index contributed by atoms with van der Waals surface area (Å²) in [6.07, 6.45) is 1.78. The van der Waals surface area contributed by atoms with Gasteiger partial charge in [0.1, 0.15) is 0 Å². The van der Waals surface area contributed by atoms with Gasteiger partial charge in [-0.3, -0.25) is 9.78 Å². The zero-order chi connectivity index (χ0) is 14.7. The van der Waals surface area contributed by atoms with E-state index < -0.39 is 0 Å². The van der Waals surface area contributed by atoms with Crippen molar-refractivity contribution in [2.45, 2.75) is 26.8 Å². The predicted octanol–water partition coefficient (Wildman–Crippen LogP) is 3.84. The van der Waals surface area contributed by atoms with Crippen LogP contribution in [0.3, 0.4) is 0 Å². The van der Waals surface area contributed by atoms with Crippen molar-refractivity contribution in [1.82, 2.24) is 10.3 Å². The number of aryl methyl sites for hydroxylation is 2. The number of pyridine rings is 1. The molecule has 0 radical (unpaired) electrons. The lowest BCUT2D eigenvalue weighted by Crippen LogP contribution is -2.27. The molecule has 0 aliphatic carbocycles. The third kappa shape index (κ3) is 3.17. The third-order valence-corrected chi connectivity index (χ3v) is 3.55. The zero-order valence-corrected chi connectivity index (χ0v) is 12.5. The molecule has 1 aromatic heterocycles. The van der Waals surface area contributed by atoms with E-state index in [4.69, 9.17) is 11.6 Å². The monoisotopic (exact) mass is 288 g/mol. The maximum atomic E-state index is 12.3. The molecule has 1 aromatic carbocycles. The van der Waals surface area contributed by atoms with Gasteiger partial charge in [-0.2, -0.15) is 0 Å². The zero-order valence-electron chi connectivity index (χ0n) is 11.8. The van der Waals surface area contributed by atoms with Gasteiger partial charge in [0.05, 0.1) is 16.6 Å². The Morgan fingerprint density at radius 1 is 1.25 bits per heavy atom. The minimum atomic E-state index is -0.166. The fourth-order valence-corrected chi connectivity index (χ4v) is 2.31. The van der Waals surface area contributed by atoms with Crippen molar-refractivity contribution < 1.29 is 4.79 Å². The molecule has 1 N–H and O–H groups in total. The lowest BCUT2D eigenvalue weighted by molar-refractivity contribution is 0.0939. The van der Waals surface area contributed by atoms with Crippen LogP contribution in [-0.2, 0) is 0 Å². The molecule has 0 spiro atoms. The second-order valence-electron chi connectivity index (χ2n) is 4.86. The fraction of sp³-hybridized carbons (Fsp3) is 0.250. The van der Waals surface area contributed by atoms with Crippen LogP contribution >= 0.6 is 11.6 Å². The molecule has 1 amide bonds. The van der Waals surface area contributed by atoms with Crippen LogP contribution in [0.1, 0.15) is 40.1 Å². The number of hydrogen-bond donors (Lipinski definition) is 1. The number of carbonyl (C=O) groups excluding carboxylic acids is 1. The van der Waals surface area contributed by atoms with Gasteiger partial charge in [0, 0.05) is 11.9 Å². The first-order valence-electron chi connectivity index (χ1n) is 6.47. The third-order valence-electron chi connectivity index (χ3n) is 3.23. The highest BCUT2D eigenvalue weighted by Gasteiger charge is 2.16. The summed E-state index contributed by atoms with van der Waals surface area (Å²) in [7, 11) is 0. The minimum absolute atomic E-state index is 0.119. The first-order valence-corrected chi connectivity index (χ1v) is 6.85. The highest BCUT2D eigenvalue weighted by atomic mass is 35.5. The van der Waals surface area contributed by atoms with E-state index in [1.807, 2.05) is 45.0 Å². The van der Waals surface area contributed by atoms with Crippen molar-refractivity contribution in [3.05, 3.63) is 63.9 Å². The number of hydrogen-bond acceptors (Lipinski definition) is 2. The van der Waals surface area contributed by atoms with Crippen molar-refractivity contribution in [3.8, 4) is 0 Å². The van der Waals surface area contributed by atoms with Crippen molar-refractivity contribution in [1.29, 1.82) is 0 Å². The lowest BCUT2D eigenvalue weighted by Gasteiger charge is -2.16. The predicted molar refractivity (Wildman–Crippen MR) is 81.0 cm³/mol. The number of rotatable bonds is 3. The number of nitrogens with zero attached hydrogens (tertiary/aromatic N) is 1. The SMILES string of the molecule is Cc1ccc(C(C)NC(=O)c2c(C)cccc2Cl)cn1. The minimum Gasteiger partial charge on any atom is -0.345 e. The quantitative estimate of drug-likeness (QED) is 0.932. The van der Waals surface area contributed by atoms with Gasteiger partial charge in [0.25, 0.3) is 5.91 Å². The average molecular weight is 289 g/mol. The molecule has 0 bridgehead atoms. The molecule has 2 rings (SSSR count). The van der Waals surface area contributed by atoms with Gasteiger partial charge < -0.3 is 5.32 Å². The van der Waals surface area contributed by atoms with E-state index in [1.54, 1.807) is 12.3 Å². The van der Waals surface area contributed by atoms with Crippen molar-refractivity contribution in [2.75, 3.05) is 0 Å². The molecule has 3 nitrogen and oxygen atoms in total. The van der Waals surface area contributed by atoms with E-state index >= 15 is 0 Å². The van der Waals surface area contributed by atoms with E-state index in [2.05, 4.69) is 10.3 Å². The molecule has 1 atom stereocenters. The van der Waals surface area contributed by atoms with Crippen LogP contribution in [0.2, 0.25) is 5.02 Å². The van der Waals surface area contributed by atoms with E-state index in [0.29, 0.717) is 10.6 Å². The molecule has 1 unspecified atom stereocenters. The first kappa shape index (κ1) is 14.5. The molecule has 0 aliphatic heterocycles. The fourth-order valence-electron chi connectivity index (χ4n) is 2.01. The molecule has 4 heteroatoms. The van der Waals surface area contributed by atoms with Crippen LogP contribution in [0.5, 0.6) is 0 Å². The van der Waals surface area contributed by atoms with Gasteiger partial charge in [-0.05, 0) is 44.0 Å². The summed E-state index contributed by atoms with van der Waals surface area (Å²) in [5.41, 5.74) is 3.31. The van der Waals surface area contributed by atoms with Crippen molar-refractivity contribution in [2.24, 2.45) is 0 Å². The summed E-state index contributed by atoms with van der Waals surface area (Å²) in [4.78, 5) is 16.6. The maximum absolute atomic E-state index is 12.3. The standard InChI is InChI=1S/C16H17ClN2O/c1-10-5-4-6-14(17)15(10)16(20)19-12(3)13-8-7-11(2)18-9-13/h4-9,12H,1-3H3,(H,19,20). The Morgan fingerprint density at radius 3 is 2.60 bits per heavy atom. The van der Waals surface area contributed by atoms with Gasteiger partial charge in [0.15, 0.2) is 0 Å². The normalized spacial score (nSPS) is 12.0. The number of amides is 1. The molecule has 2 aromatic rings. The molecule has 0 saturated heterocycles. The summed E-state index contributed by atoms with van der Waals surface area (Å²) in [6.45, 7) is 5.73. The van der Waals surface area contributed by atoms with E-state index in [1.165, 1.54) is 0 Å². The molecule has 1 heterocycles. The van der Waals surface area contributed by atoms with Crippen LogP contribution < -0.4 is 5.32 Å². The summed E-state index contributed by atoms with van der Waals surface area (Å²) in [5.74, 6) is -0.166. The summed E-state index contributed by atoms with van der Waals surface area (Å²) >= 11 is 6.10. The Bertz CT molecular complexity index is 603. The summed E-state index contributed by atoms with van der Waals surface area (Å²) in [6, 6.07) is 9.21. The number of benzene rings is 1. The molecule has 0 saturated carbocycles. The van der Waals surface area contributed by atoms with Crippen LogP contribution in [-0.4, -0.2) is 10.9 Å². The first-order chi connectivity index (χ1) is 9.49. The molecule has 0 aliphatic rings. The Hall–Kier alpha value is -1.87. The summed E-state index contributed by atoms with van der Waals surface area (Å²) in [5, 5.41) is 3.42. The molecule has 0 fully saturated rings. The molecular formula is C16H17ClN2O. The van der Waals surface area contributed by atoms with Gasteiger partial charge >= 0.3 is 0 Å². The Labute approximate surface area is 124 Å². The highest BCUT2D eigenvalue weighted by molar-refractivity contribution is 6.34. The van der Waals surface area contributed by atoms with Gasteiger partial charge in [0.2, 0.25) is 0 Å². The van der Waals surface area contributed by atoms with E-state index in [-0.39, 0.29) is 11.9 Å². The number of aromatic nitrogens is 1. The molecule has 104 valence electrons. The maximum Gasteiger partial charge on any atom is 0.253 e. The topological polar surface area (TPSA) is 42.0 Å². The van der Waals surface area contributed by atoms with Gasteiger partial charge in [-0.25, -0.2) is 0 Å². The van der Waals surface area contributed by atoms with Gasteiger partial charge in [-0.15, -0.1) is 0 Å². The second kappa shape index (κ2) is 6.06. The second-order valence-corrected chi connectivity index (χ2v) is 5.27. The van der Waals surface area contributed by atoms with Crippen LogP contribution in [0.15, 0.2) is 36.5 Å². The van der Waals surface area contributed by atoms with E-state index in [0.717, 1.165) is 16.8 Å². The molecular weight excluding hydrogens is 272 g/mol. The lowest BCUT2D eigenvalue weighted by atomic mass is 10.1. The molecule has 20 heavy (non-hydrogen) atoms.